The van der Waals surface area contributed by atoms with Gasteiger partial charge in [-0.05, 0) is 30.3 Å². The monoisotopic (exact) mass is 249 g/mol. The summed E-state index contributed by atoms with van der Waals surface area (Å²) in [6.45, 7) is 1.36. The third kappa shape index (κ3) is 3.77. The topological polar surface area (TPSA) is 43.1 Å². The lowest BCUT2D eigenvalue weighted by Gasteiger charge is -2.11. The lowest BCUT2D eigenvalue weighted by Crippen LogP contribution is -2.05. The second-order valence-electron chi connectivity index (χ2n) is 3.26. The Morgan fingerprint density at radius 1 is 1.44 bits per heavy atom. The maximum Gasteiger partial charge on any atom is 0.446 e. The van der Waals surface area contributed by atoms with E-state index in [9.17, 15) is 18.0 Å². The molecule has 88 valence electrons. The molecule has 0 saturated heterocycles. The van der Waals surface area contributed by atoms with Crippen LogP contribution in [-0.2, 0) is 11.2 Å². The number of hydrogen-bond donors (Lipinski definition) is 1. The third-order valence-electron chi connectivity index (χ3n) is 1.82. The van der Waals surface area contributed by atoms with Crippen LogP contribution in [0.1, 0.15) is 12.5 Å². The number of Topliss-reactive ketones (excluding diaryl/α,β-unsaturated/α-hetero) is 1. The first-order valence-corrected chi connectivity index (χ1v) is 5.24. The summed E-state index contributed by atoms with van der Waals surface area (Å²) in [5.74, 6) is -0.138. The number of rotatable bonds is 3. The van der Waals surface area contributed by atoms with Gasteiger partial charge in [-0.1, -0.05) is 12.1 Å². The minimum atomic E-state index is -4.37. The fourth-order valence-electron chi connectivity index (χ4n) is 1.23. The number of carbonyl (C=O) groups excluding carboxylic acids is 1. The van der Waals surface area contributed by atoms with E-state index in [0.29, 0.717) is 5.56 Å². The van der Waals surface area contributed by atoms with Gasteiger partial charge in [-0.25, -0.2) is 0 Å². The number of para-hydroxylation sites is 1. The van der Waals surface area contributed by atoms with E-state index in [4.69, 9.17) is 5.73 Å². The molecule has 1 aromatic rings. The fraction of sp³-hybridized carbons (Fsp3) is 0.300. The SMILES string of the molecule is CC(=O)Cc1cccc(SC(F)(F)F)c1N. The van der Waals surface area contributed by atoms with Crippen molar-refractivity contribution in [2.75, 3.05) is 5.73 Å². The lowest BCUT2D eigenvalue weighted by atomic mass is 10.1. The van der Waals surface area contributed by atoms with E-state index in [2.05, 4.69) is 0 Å². The number of thioether (sulfide) groups is 1. The summed E-state index contributed by atoms with van der Waals surface area (Å²) >= 11 is -0.268. The van der Waals surface area contributed by atoms with E-state index in [0.717, 1.165) is 0 Å². The number of halogens is 3. The molecule has 0 unspecified atom stereocenters. The van der Waals surface area contributed by atoms with Crippen molar-refractivity contribution >= 4 is 23.2 Å². The van der Waals surface area contributed by atoms with Gasteiger partial charge in [-0.3, -0.25) is 4.79 Å². The molecule has 1 aromatic carbocycles. The van der Waals surface area contributed by atoms with Gasteiger partial charge in [0.2, 0.25) is 0 Å². The highest BCUT2D eigenvalue weighted by molar-refractivity contribution is 8.00. The van der Waals surface area contributed by atoms with Gasteiger partial charge in [-0.15, -0.1) is 0 Å². The average molecular weight is 249 g/mol. The molecule has 0 bridgehead atoms. The Labute approximate surface area is 95.0 Å². The predicted octanol–water partition coefficient (Wildman–Crippen LogP) is 3.01. The maximum absolute atomic E-state index is 12.2. The Bertz CT molecular complexity index is 404. The first-order valence-electron chi connectivity index (χ1n) is 4.42. The third-order valence-corrected chi connectivity index (χ3v) is 2.63. The summed E-state index contributed by atoms with van der Waals surface area (Å²) in [4.78, 5) is 10.8. The quantitative estimate of drug-likeness (QED) is 0.661. The summed E-state index contributed by atoms with van der Waals surface area (Å²) < 4.78 is 36.5. The van der Waals surface area contributed by atoms with Crippen molar-refractivity contribution in [1.29, 1.82) is 0 Å². The number of alkyl halides is 3. The number of ketones is 1. The normalized spacial score (nSPS) is 11.5. The zero-order chi connectivity index (χ0) is 12.3. The van der Waals surface area contributed by atoms with Crippen molar-refractivity contribution in [3.63, 3.8) is 0 Å². The van der Waals surface area contributed by atoms with Crippen LogP contribution in [0.5, 0.6) is 0 Å². The molecular formula is C10H10F3NOS. The molecular weight excluding hydrogens is 239 g/mol. The van der Waals surface area contributed by atoms with Gasteiger partial charge in [0, 0.05) is 17.0 Å². The van der Waals surface area contributed by atoms with Gasteiger partial charge in [-0.2, -0.15) is 13.2 Å². The number of carbonyl (C=O) groups is 1. The van der Waals surface area contributed by atoms with Crippen LogP contribution < -0.4 is 5.73 Å². The summed E-state index contributed by atoms with van der Waals surface area (Å²) in [5.41, 5.74) is 1.65. The Morgan fingerprint density at radius 2 is 2.06 bits per heavy atom. The molecule has 2 nitrogen and oxygen atoms in total. The molecule has 0 aromatic heterocycles. The standard InChI is InChI=1S/C10H10F3NOS/c1-6(15)5-7-3-2-4-8(9(7)14)16-10(11,12)13/h2-4H,5,14H2,1H3. The molecule has 0 amide bonds. The zero-order valence-corrected chi connectivity index (χ0v) is 9.28. The van der Waals surface area contributed by atoms with Crippen molar-refractivity contribution in [2.24, 2.45) is 0 Å². The van der Waals surface area contributed by atoms with Crippen LogP contribution in [0.15, 0.2) is 23.1 Å². The number of hydrogen-bond acceptors (Lipinski definition) is 3. The first-order chi connectivity index (χ1) is 7.29. The molecule has 0 aliphatic rings. The Kier molecular flexibility index (Phi) is 3.85. The van der Waals surface area contributed by atoms with Gasteiger partial charge in [0.1, 0.15) is 5.78 Å². The van der Waals surface area contributed by atoms with Crippen LogP contribution in [0, 0.1) is 0 Å². The van der Waals surface area contributed by atoms with Crippen LogP contribution in [-0.4, -0.2) is 11.3 Å². The first kappa shape index (κ1) is 12.9. The summed E-state index contributed by atoms with van der Waals surface area (Å²) in [6.07, 6.45) is 0.0537. The Hall–Kier alpha value is -1.17. The number of benzene rings is 1. The second kappa shape index (κ2) is 4.78. The second-order valence-corrected chi connectivity index (χ2v) is 4.36. The van der Waals surface area contributed by atoms with Gasteiger partial charge in [0.15, 0.2) is 0 Å². The van der Waals surface area contributed by atoms with Crippen molar-refractivity contribution in [1.82, 2.24) is 0 Å². The highest BCUT2D eigenvalue weighted by Gasteiger charge is 2.30. The summed E-state index contributed by atoms with van der Waals surface area (Å²) in [6, 6.07) is 4.30. The van der Waals surface area contributed by atoms with Crippen molar-refractivity contribution in [2.45, 2.75) is 23.7 Å². The van der Waals surface area contributed by atoms with Crippen molar-refractivity contribution in [3.05, 3.63) is 23.8 Å². The molecule has 2 N–H and O–H groups in total. The van der Waals surface area contributed by atoms with E-state index in [-0.39, 0.29) is 34.5 Å². The van der Waals surface area contributed by atoms with E-state index < -0.39 is 5.51 Å². The number of nitrogens with two attached hydrogens (primary N) is 1. The van der Waals surface area contributed by atoms with Crippen LogP contribution in [0.25, 0.3) is 0 Å². The van der Waals surface area contributed by atoms with Crippen molar-refractivity contribution in [3.8, 4) is 0 Å². The van der Waals surface area contributed by atoms with Gasteiger partial charge >= 0.3 is 5.51 Å². The largest absolute Gasteiger partial charge is 0.446 e. The van der Waals surface area contributed by atoms with Gasteiger partial charge in [0.05, 0.1) is 0 Å². The van der Waals surface area contributed by atoms with Crippen LogP contribution in [0.2, 0.25) is 0 Å². The summed E-state index contributed by atoms with van der Waals surface area (Å²) in [7, 11) is 0. The van der Waals surface area contributed by atoms with Crippen LogP contribution >= 0.6 is 11.8 Å². The molecule has 0 atom stereocenters. The lowest BCUT2D eigenvalue weighted by molar-refractivity contribution is -0.116. The Balaban J connectivity index is 2.99. The van der Waals surface area contributed by atoms with Crippen LogP contribution in [0.4, 0.5) is 18.9 Å². The molecule has 0 saturated carbocycles. The summed E-state index contributed by atoms with van der Waals surface area (Å²) in [5, 5.41) is 0. The molecule has 0 radical (unpaired) electrons. The zero-order valence-electron chi connectivity index (χ0n) is 8.47. The number of nitrogen functional groups attached to an aromatic ring is 1. The van der Waals surface area contributed by atoms with Crippen LogP contribution in [0.3, 0.4) is 0 Å². The molecule has 0 heterocycles. The molecule has 0 aliphatic heterocycles. The van der Waals surface area contributed by atoms with E-state index >= 15 is 0 Å². The van der Waals surface area contributed by atoms with E-state index in [1.807, 2.05) is 0 Å². The minimum absolute atomic E-state index is 0.0278. The number of anilines is 1. The van der Waals surface area contributed by atoms with Gasteiger partial charge in [0.25, 0.3) is 0 Å². The smallest absolute Gasteiger partial charge is 0.398 e. The fourth-order valence-corrected chi connectivity index (χ4v) is 1.86. The molecule has 6 heteroatoms. The highest BCUT2D eigenvalue weighted by Crippen LogP contribution is 2.40. The van der Waals surface area contributed by atoms with E-state index in [1.54, 1.807) is 6.07 Å². The molecule has 1 rings (SSSR count). The molecule has 0 fully saturated rings. The van der Waals surface area contributed by atoms with E-state index in [1.165, 1.54) is 19.1 Å². The molecule has 0 aliphatic carbocycles. The van der Waals surface area contributed by atoms with Crippen molar-refractivity contribution < 1.29 is 18.0 Å². The maximum atomic E-state index is 12.2. The minimum Gasteiger partial charge on any atom is -0.398 e. The molecule has 16 heavy (non-hydrogen) atoms. The van der Waals surface area contributed by atoms with Gasteiger partial charge < -0.3 is 5.73 Å². The highest BCUT2D eigenvalue weighted by atomic mass is 32.2. The average Bonchev–Trinajstić information content (AvgIpc) is 2.09. The Morgan fingerprint density at radius 3 is 2.56 bits per heavy atom. The molecule has 0 spiro atoms. The predicted molar refractivity (Wildman–Crippen MR) is 57.2 cm³/mol.